The molecule has 1 unspecified atom stereocenters. The van der Waals surface area contributed by atoms with Gasteiger partial charge in [0.15, 0.2) is 33.9 Å². The van der Waals surface area contributed by atoms with Gasteiger partial charge >= 0.3 is 5.91 Å². The van der Waals surface area contributed by atoms with Crippen molar-refractivity contribution in [1.29, 1.82) is 0 Å². The van der Waals surface area contributed by atoms with E-state index in [0.717, 1.165) is 11.3 Å². The van der Waals surface area contributed by atoms with E-state index in [0.29, 0.717) is 65.6 Å². The molecule has 1 amide bonds. The summed E-state index contributed by atoms with van der Waals surface area (Å²) in [6.45, 7) is 8.28. The zero-order valence-electron chi connectivity index (χ0n) is 22.5. The lowest BCUT2D eigenvalue weighted by molar-refractivity contribution is -0.132. The number of aromatic nitrogens is 1. The minimum Gasteiger partial charge on any atom is -0.507 e. The SMILES string of the molecule is CCOc1ccc(C2/C(=C(\O)c3ccc4c(c3)OCCO4)C(=O)C(=O)N2c2nc(C)c(C(C)=O)s2)cc1OCC. The number of aliphatic hydroxyl groups is 1. The molecule has 11 heteroatoms. The molecule has 2 aliphatic rings. The van der Waals surface area contributed by atoms with Crippen LogP contribution in [0.3, 0.4) is 0 Å². The molecule has 208 valence electrons. The number of carbonyl (C=O) groups excluding carboxylic acids is 3. The summed E-state index contributed by atoms with van der Waals surface area (Å²) >= 11 is 1.02. The molecule has 1 N–H and O–H groups in total. The average Bonchev–Trinajstić information content (AvgIpc) is 3.45. The molecular weight excluding hydrogens is 536 g/mol. The molecule has 1 aromatic heterocycles. The largest absolute Gasteiger partial charge is 0.507 e. The van der Waals surface area contributed by atoms with E-state index in [1.807, 2.05) is 13.8 Å². The number of hydrogen-bond donors (Lipinski definition) is 1. The molecule has 1 atom stereocenters. The van der Waals surface area contributed by atoms with Gasteiger partial charge in [0.2, 0.25) is 0 Å². The Morgan fingerprint density at radius 3 is 2.42 bits per heavy atom. The molecule has 5 rings (SSSR count). The summed E-state index contributed by atoms with van der Waals surface area (Å²) in [7, 11) is 0. The van der Waals surface area contributed by atoms with Crippen molar-refractivity contribution in [3.8, 4) is 23.0 Å². The number of ketones is 2. The van der Waals surface area contributed by atoms with Gasteiger partial charge in [0, 0.05) is 12.5 Å². The molecule has 10 nitrogen and oxygen atoms in total. The van der Waals surface area contributed by atoms with Crippen LogP contribution in [0.5, 0.6) is 23.0 Å². The lowest BCUT2D eigenvalue weighted by Gasteiger charge is -2.24. The topological polar surface area (TPSA) is 124 Å². The van der Waals surface area contributed by atoms with Crippen molar-refractivity contribution >= 4 is 39.7 Å². The van der Waals surface area contributed by atoms with E-state index in [9.17, 15) is 19.5 Å². The second-order valence-electron chi connectivity index (χ2n) is 9.07. The number of carbonyl (C=O) groups is 3. The first-order valence-electron chi connectivity index (χ1n) is 12.8. The second kappa shape index (κ2) is 11.0. The van der Waals surface area contributed by atoms with Crippen LogP contribution in [0.25, 0.3) is 5.76 Å². The average molecular weight is 565 g/mol. The van der Waals surface area contributed by atoms with Crippen molar-refractivity contribution < 1.29 is 38.4 Å². The number of hydrogen-bond acceptors (Lipinski definition) is 10. The highest BCUT2D eigenvalue weighted by atomic mass is 32.1. The predicted molar refractivity (Wildman–Crippen MR) is 148 cm³/mol. The van der Waals surface area contributed by atoms with Crippen LogP contribution in [0.4, 0.5) is 5.13 Å². The van der Waals surface area contributed by atoms with Crippen molar-refractivity contribution in [1.82, 2.24) is 4.98 Å². The highest BCUT2D eigenvalue weighted by Crippen LogP contribution is 2.46. The molecule has 0 radical (unpaired) electrons. The van der Waals surface area contributed by atoms with Gasteiger partial charge in [0.05, 0.1) is 35.4 Å². The quantitative estimate of drug-likeness (QED) is 0.177. The Kier molecular flexibility index (Phi) is 7.49. The van der Waals surface area contributed by atoms with Crippen LogP contribution in [0.2, 0.25) is 0 Å². The molecule has 0 saturated carbocycles. The van der Waals surface area contributed by atoms with E-state index < -0.39 is 17.7 Å². The van der Waals surface area contributed by atoms with E-state index in [1.165, 1.54) is 11.8 Å². The maximum absolute atomic E-state index is 13.6. The van der Waals surface area contributed by atoms with E-state index in [1.54, 1.807) is 43.3 Å². The second-order valence-corrected chi connectivity index (χ2v) is 10.0. The number of benzene rings is 2. The molecular formula is C29H28N2O8S. The normalized spacial score (nSPS) is 17.7. The van der Waals surface area contributed by atoms with Crippen molar-refractivity contribution in [2.24, 2.45) is 0 Å². The Morgan fingerprint density at radius 1 is 1.05 bits per heavy atom. The van der Waals surface area contributed by atoms with Gasteiger partial charge in [-0.3, -0.25) is 19.3 Å². The summed E-state index contributed by atoms with van der Waals surface area (Å²) in [6.07, 6.45) is 0. The fraction of sp³-hybridized carbons (Fsp3) is 0.310. The standard InChI is InChI=1S/C29H28N2O8S/c1-5-36-19-9-7-17(13-21(19)37-6-2)24-23(25(33)18-8-10-20-22(14-18)39-12-11-38-20)26(34)28(35)31(24)29-30-15(3)27(40-29)16(4)32/h7-10,13-14,24,33H,5-6,11-12H2,1-4H3/b25-23+. The van der Waals surface area contributed by atoms with Crippen LogP contribution in [0, 0.1) is 6.92 Å². The maximum Gasteiger partial charge on any atom is 0.301 e. The first kappa shape index (κ1) is 27.2. The third-order valence-corrected chi connectivity index (χ3v) is 7.71. The number of aliphatic hydroxyl groups excluding tert-OH is 1. The number of aryl methyl sites for hydroxylation is 1. The van der Waals surface area contributed by atoms with Gasteiger partial charge in [0.1, 0.15) is 19.0 Å². The van der Waals surface area contributed by atoms with Crippen LogP contribution in [-0.2, 0) is 9.59 Å². The molecule has 0 aliphatic carbocycles. The Morgan fingerprint density at radius 2 is 1.75 bits per heavy atom. The summed E-state index contributed by atoms with van der Waals surface area (Å²) in [6, 6.07) is 8.83. The smallest absolute Gasteiger partial charge is 0.301 e. The Hall–Kier alpha value is -4.38. The fourth-order valence-corrected chi connectivity index (χ4v) is 5.73. The van der Waals surface area contributed by atoms with E-state index in [2.05, 4.69) is 4.98 Å². The van der Waals surface area contributed by atoms with Crippen molar-refractivity contribution in [3.05, 3.63) is 63.7 Å². The first-order valence-corrected chi connectivity index (χ1v) is 13.7. The molecule has 0 bridgehead atoms. The molecule has 2 aliphatic heterocycles. The molecule has 1 saturated heterocycles. The van der Waals surface area contributed by atoms with Gasteiger partial charge in [-0.1, -0.05) is 17.4 Å². The summed E-state index contributed by atoms with van der Waals surface area (Å²) in [5.41, 5.74) is 1.08. The maximum atomic E-state index is 13.6. The summed E-state index contributed by atoms with van der Waals surface area (Å²) in [5, 5.41) is 11.7. The number of thiazole rings is 1. The summed E-state index contributed by atoms with van der Waals surface area (Å²) in [4.78, 5) is 45.4. The lowest BCUT2D eigenvalue weighted by Crippen LogP contribution is -2.29. The third-order valence-electron chi connectivity index (χ3n) is 6.45. The molecule has 3 heterocycles. The Balaban J connectivity index is 1.71. The Bertz CT molecular complexity index is 1540. The minimum atomic E-state index is -1.06. The lowest BCUT2D eigenvalue weighted by atomic mass is 9.95. The van der Waals surface area contributed by atoms with E-state index in [4.69, 9.17) is 18.9 Å². The zero-order chi connectivity index (χ0) is 28.6. The van der Waals surface area contributed by atoms with Crippen molar-refractivity contribution in [2.75, 3.05) is 31.3 Å². The monoisotopic (exact) mass is 564 g/mol. The number of anilines is 1. The van der Waals surface area contributed by atoms with Gasteiger partial charge in [-0.05, 0) is 56.7 Å². The summed E-state index contributed by atoms with van der Waals surface area (Å²) in [5.74, 6) is -0.487. The molecule has 3 aromatic rings. The van der Waals surface area contributed by atoms with Gasteiger partial charge in [-0.25, -0.2) is 4.98 Å². The minimum absolute atomic E-state index is 0.134. The number of nitrogens with zero attached hydrogens (tertiary/aromatic N) is 2. The van der Waals surface area contributed by atoms with E-state index in [-0.39, 0.29) is 27.8 Å². The number of ether oxygens (including phenoxy) is 4. The van der Waals surface area contributed by atoms with Gasteiger partial charge in [-0.2, -0.15) is 0 Å². The van der Waals surface area contributed by atoms with Gasteiger partial charge in [-0.15, -0.1) is 0 Å². The molecule has 40 heavy (non-hydrogen) atoms. The fourth-order valence-electron chi connectivity index (χ4n) is 4.74. The number of rotatable bonds is 8. The number of Topliss-reactive ketones (excluding diaryl/α,β-unsaturated/α-hetero) is 2. The van der Waals surface area contributed by atoms with Crippen LogP contribution < -0.4 is 23.8 Å². The zero-order valence-corrected chi connectivity index (χ0v) is 23.3. The number of fused-ring (bicyclic) bond motifs is 1. The summed E-state index contributed by atoms with van der Waals surface area (Å²) < 4.78 is 22.7. The highest BCUT2D eigenvalue weighted by molar-refractivity contribution is 7.18. The predicted octanol–water partition coefficient (Wildman–Crippen LogP) is 4.85. The molecule has 1 fully saturated rings. The number of amides is 1. The van der Waals surface area contributed by atoms with Gasteiger partial charge in [0.25, 0.3) is 5.78 Å². The molecule has 0 spiro atoms. The van der Waals surface area contributed by atoms with Crippen molar-refractivity contribution in [3.63, 3.8) is 0 Å². The first-order chi connectivity index (χ1) is 19.2. The third kappa shape index (κ3) is 4.77. The van der Waals surface area contributed by atoms with Crippen molar-refractivity contribution in [2.45, 2.75) is 33.7 Å². The van der Waals surface area contributed by atoms with Crippen LogP contribution >= 0.6 is 11.3 Å². The highest BCUT2D eigenvalue weighted by Gasteiger charge is 2.48. The van der Waals surface area contributed by atoms with Gasteiger partial charge < -0.3 is 24.1 Å². The van der Waals surface area contributed by atoms with Crippen LogP contribution in [0.1, 0.15) is 53.3 Å². The van der Waals surface area contributed by atoms with Crippen LogP contribution in [-0.4, -0.2) is 54.0 Å². The van der Waals surface area contributed by atoms with E-state index >= 15 is 0 Å². The van der Waals surface area contributed by atoms with Crippen LogP contribution in [0.15, 0.2) is 42.0 Å². The Labute approximate surface area is 234 Å². The molecule has 2 aromatic carbocycles.